The number of carbonyl (C=O) groups is 1. The van der Waals surface area contributed by atoms with Crippen LogP contribution in [0.3, 0.4) is 0 Å². The number of hydrogen-bond acceptors (Lipinski definition) is 4. The quantitative estimate of drug-likeness (QED) is 0.878. The first-order valence-corrected chi connectivity index (χ1v) is 6.63. The third-order valence-electron chi connectivity index (χ3n) is 2.54. The fraction of sp³-hybridized carbons (Fsp3) is 0.357. The van der Waals surface area contributed by atoms with Crippen molar-refractivity contribution < 1.29 is 22.7 Å². The standard InChI is InChI=1S/C14H15F3N4O2/c1-13(2,3)23-12(22)21-10-6-8(4-5-18-10)11-19-7-9(20-11)14(15,16)17/h4-7H,1-3H3,(H,19,20)(H,18,21,22). The first kappa shape index (κ1) is 16.8. The van der Waals surface area contributed by atoms with Gasteiger partial charge in [0.1, 0.15) is 22.9 Å². The summed E-state index contributed by atoms with van der Waals surface area (Å²) in [5.74, 6) is 0.161. The van der Waals surface area contributed by atoms with E-state index >= 15 is 0 Å². The van der Waals surface area contributed by atoms with E-state index in [1.165, 1.54) is 18.3 Å². The molecule has 2 heterocycles. The van der Waals surface area contributed by atoms with Crippen molar-refractivity contribution >= 4 is 11.9 Å². The van der Waals surface area contributed by atoms with Gasteiger partial charge in [0, 0.05) is 11.8 Å². The molecule has 2 aromatic heterocycles. The number of anilines is 1. The highest BCUT2D eigenvalue weighted by atomic mass is 19.4. The third-order valence-corrected chi connectivity index (χ3v) is 2.54. The summed E-state index contributed by atoms with van der Waals surface area (Å²) < 4.78 is 42.8. The van der Waals surface area contributed by atoms with E-state index in [1.54, 1.807) is 20.8 Å². The Labute approximate surface area is 130 Å². The van der Waals surface area contributed by atoms with Gasteiger partial charge in [0.25, 0.3) is 0 Å². The lowest BCUT2D eigenvalue weighted by molar-refractivity contribution is -0.140. The molecule has 2 rings (SSSR count). The van der Waals surface area contributed by atoms with Crippen LogP contribution in [-0.4, -0.2) is 26.6 Å². The highest BCUT2D eigenvalue weighted by molar-refractivity contribution is 5.84. The molecule has 0 radical (unpaired) electrons. The number of aromatic amines is 1. The molecule has 0 unspecified atom stereocenters. The number of carbonyl (C=O) groups excluding carboxylic acids is 1. The number of amides is 1. The van der Waals surface area contributed by atoms with E-state index < -0.39 is 23.6 Å². The van der Waals surface area contributed by atoms with Crippen LogP contribution in [0.15, 0.2) is 24.5 Å². The van der Waals surface area contributed by atoms with Crippen molar-refractivity contribution in [1.29, 1.82) is 0 Å². The van der Waals surface area contributed by atoms with Gasteiger partial charge in [-0.1, -0.05) is 0 Å². The Bertz CT molecular complexity index is 705. The van der Waals surface area contributed by atoms with Crippen LogP contribution in [0.2, 0.25) is 0 Å². The zero-order valence-electron chi connectivity index (χ0n) is 12.7. The minimum absolute atomic E-state index is 0.0203. The van der Waals surface area contributed by atoms with Crippen molar-refractivity contribution in [3.8, 4) is 11.4 Å². The average Bonchev–Trinajstić information content (AvgIpc) is 2.85. The predicted octanol–water partition coefficient (Wildman–Crippen LogP) is 3.84. The number of alkyl halides is 3. The van der Waals surface area contributed by atoms with Gasteiger partial charge in [0.05, 0.1) is 6.20 Å². The van der Waals surface area contributed by atoms with Gasteiger partial charge in [-0.2, -0.15) is 13.2 Å². The van der Waals surface area contributed by atoms with Crippen LogP contribution in [0.5, 0.6) is 0 Å². The monoisotopic (exact) mass is 328 g/mol. The average molecular weight is 328 g/mol. The molecular formula is C14H15F3N4O2. The summed E-state index contributed by atoms with van der Waals surface area (Å²) in [5, 5.41) is 2.41. The number of halogens is 3. The Morgan fingerprint density at radius 3 is 2.52 bits per heavy atom. The minimum atomic E-state index is -4.50. The van der Waals surface area contributed by atoms with E-state index in [1.807, 2.05) is 0 Å². The van der Waals surface area contributed by atoms with E-state index in [0.29, 0.717) is 11.8 Å². The molecule has 0 spiro atoms. The Balaban J connectivity index is 2.17. The Morgan fingerprint density at radius 2 is 1.96 bits per heavy atom. The van der Waals surface area contributed by atoms with Crippen LogP contribution < -0.4 is 5.32 Å². The zero-order valence-corrected chi connectivity index (χ0v) is 12.7. The SMILES string of the molecule is CC(C)(C)OC(=O)Nc1cc(-c2ncc(C(F)(F)F)[nH]2)ccn1. The number of ether oxygens (including phenoxy) is 1. The Hall–Kier alpha value is -2.58. The van der Waals surface area contributed by atoms with Crippen LogP contribution >= 0.6 is 0 Å². The molecular weight excluding hydrogens is 313 g/mol. The number of hydrogen-bond donors (Lipinski definition) is 2. The molecule has 0 saturated carbocycles. The first-order chi connectivity index (χ1) is 10.5. The Morgan fingerprint density at radius 1 is 1.26 bits per heavy atom. The predicted molar refractivity (Wildman–Crippen MR) is 76.7 cm³/mol. The van der Waals surface area contributed by atoms with Crippen molar-refractivity contribution in [2.45, 2.75) is 32.5 Å². The molecule has 9 heteroatoms. The molecule has 0 aliphatic rings. The second-order valence-corrected chi connectivity index (χ2v) is 5.70. The number of nitrogens with one attached hydrogen (secondary N) is 2. The van der Waals surface area contributed by atoms with Crippen molar-refractivity contribution in [3.63, 3.8) is 0 Å². The Kier molecular flexibility index (Phi) is 4.31. The molecule has 2 aromatic rings. The minimum Gasteiger partial charge on any atom is -0.444 e. The topological polar surface area (TPSA) is 79.9 Å². The lowest BCUT2D eigenvalue weighted by Crippen LogP contribution is -2.27. The summed E-state index contributed by atoms with van der Waals surface area (Å²) in [4.78, 5) is 21.4. The molecule has 0 fully saturated rings. The molecule has 0 aliphatic carbocycles. The molecule has 0 saturated heterocycles. The summed E-state index contributed by atoms with van der Waals surface area (Å²) in [5.41, 5.74) is -1.28. The normalized spacial score (nSPS) is 12.1. The van der Waals surface area contributed by atoms with Gasteiger partial charge in [-0.25, -0.2) is 14.8 Å². The number of pyridine rings is 1. The third kappa shape index (κ3) is 4.70. The molecule has 0 aliphatic heterocycles. The van der Waals surface area contributed by atoms with Crippen molar-refractivity contribution in [2.75, 3.05) is 5.32 Å². The van der Waals surface area contributed by atoms with Crippen molar-refractivity contribution in [3.05, 3.63) is 30.2 Å². The molecule has 0 bridgehead atoms. The largest absolute Gasteiger partial charge is 0.444 e. The second kappa shape index (κ2) is 5.90. The maximum Gasteiger partial charge on any atom is 0.432 e. The fourth-order valence-electron chi connectivity index (χ4n) is 1.67. The zero-order chi connectivity index (χ0) is 17.3. The number of imidazole rings is 1. The maximum absolute atomic E-state index is 12.6. The van der Waals surface area contributed by atoms with Crippen LogP contribution in [0.4, 0.5) is 23.8 Å². The van der Waals surface area contributed by atoms with Gasteiger partial charge in [-0.05, 0) is 32.9 Å². The fourth-order valence-corrected chi connectivity index (χ4v) is 1.67. The van der Waals surface area contributed by atoms with Crippen LogP contribution in [0, 0.1) is 0 Å². The molecule has 6 nitrogen and oxygen atoms in total. The summed E-state index contributed by atoms with van der Waals surface area (Å²) in [6.07, 6.45) is -3.16. The van der Waals surface area contributed by atoms with Crippen molar-refractivity contribution in [2.24, 2.45) is 0 Å². The van der Waals surface area contributed by atoms with E-state index in [2.05, 4.69) is 20.3 Å². The van der Waals surface area contributed by atoms with Gasteiger partial charge in [-0.15, -0.1) is 0 Å². The molecule has 23 heavy (non-hydrogen) atoms. The second-order valence-electron chi connectivity index (χ2n) is 5.70. The summed E-state index contributed by atoms with van der Waals surface area (Å²) >= 11 is 0. The highest BCUT2D eigenvalue weighted by Gasteiger charge is 2.33. The highest BCUT2D eigenvalue weighted by Crippen LogP contribution is 2.29. The van der Waals surface area contributed by atoms with Crippen LogP contribution in [0.25, 0.3) is 11.4 Å². The summed E-state index contributed by atoms with van der Waals surface area (Å²) in [7, 11) is 0. The summed E-state index contributed by atoms with van der Waals surface area (Å²) in [6, 6.07) is 2.86. The van der Waals surface area contributed by atoms with Gasteiger partial charge in [0.2, 0.25) is 0 Å². The molecule has 0 atom stereocenters. The van der Waals surface area contributed by atoms with Gasteiger partial charge in [-0.3, -0.25) is 5.32 Å². The number of H-pyrrole nitrogens is 1. The number of rotatable bonds is 2. The lowest BCUT2D eigenvalue weighted by atomic mass is 10.2. The molecule has 0 aromatic carbocycles. The maximum atomic E-state index is 12.6. The van der Waals surface area contributed by atoms with E-state index in [0.717, 1.165) is 0 Å². The number of aromatic nitrogens is 3. The lowest BCUT2D eigenvalue weighted by Gasteiger charge is -2.19. The molecule has 124 valence electrons. The number of nitrogens with zero attached hydrogens (tertiary/aromatic N) is 2. The van der Waals surface area contributed by atoms with Gasteiger partial charge in [0.15, 0.2) is 0 Å². The smallest absolute Gasteiger partial charge is 0.432 e. The molecule has 1 amide bonds. The van der Waals surface area contributed by atoms with Crippen LogP contribution in [0.1, 0.15) is 26.5 Å². The van der Waals surface area contributed by atoms with Crippen molar-refractivity contribution in [1.82, 2.24) is 15.0 Å². The molecule has 2 N–H and O–H groups in total. The van der Waals surface area contributed by atoms with Gasteiger partial charge >= 0.3 is 12.3 Å². The van der Waals surface area contributed by atoms with Crippen LogP contribution in [-0.2, 0) is 10.9 Å². The van der Waals surface area contributed by atoms with E-state index in [9.17, 15) is 18.0 Å². The summed E-state index contributed by atoms with van der Waals surface area (Å²) in [6.45, 7) is 5.12. The van der Waals surface area contributed by atoms with E-state index in [-0.39, 0.29) is 11.6 Å². The van der Waals surface area contributed by atoms with E-state index in [4.69, 9.17) is 4.74 Å². The first-order valence-electron chi connectivity index (χ1n) is 6.63. The van der Waals surface area contributed by atoms with Gasteiger partial charge < -0.3 is 9.72 Å².